The maximum atomic E-state index is 10.1. The monoisotopic (exact) mass is 271 g/mol. The Balaban J connectivity index is 1.95. The summed E-state index contributed by atoms with van der Waals surface area (Å²) in [4.78, 5) is 0. The number of hydrogen-bond acceptors (Lipinski definition) is 3. The van der Waals surface area contributed by atoms with Crippen LogP contribution in [-0.2, 0) is 6.61 Å². The third-order valence-electron chi connectivity index (χ3n) is 3.38. The zero-order chi connectivity index (χ0) is 14.4. The van der Waals surface area contributed by atoms with E-state index in [4.69, 9.17) is 10.5 Å². The lowest BCUT2D eigenvalue weighted by Gasteiger charge is -2.17. The van der Waals surface area contributed by atoms with Crippen molar-refractivity contribution in [1.29, 1.82) is 0 Å². The van der Waals surface area contributed by atoms with Crippen molar-refractivity contribution in [2.24, 2.45) is 11.7 Å². The molecule has 3 nitrogen and oxygen atoms in total. The summed E-state index contributed by atoms with van der Waals surface area (Å²) < 4.78 is 5.71. The van der Waals surface area contributed by atoms with Gasteiger partial charge in [0.1, 0.15) is 12.4 Å². The molecule has 0 aliphatic rings. The van der Waals surface area contributed by atoms with Crippen LogP contribution >= 0.6 is 0 Å². The van der Waals surface area contributed by atoms with Crippen molar-refractivity contribution < 1.29 is 9.84 Å². The molecule has 0 fully saturated rings. The summed E-state index contributed by atoms with van der Waals surface area (Å²) in [6.45, 7) is 2.94. The summed E-state index contributed by atoms with van der Waals surface area (Å²) in [5.74, 6) is 0.844. The first-order chi connectivity index (χ1) is 9.70. The van der Waals surface area contributed by atoms with Gasteiger partial charge in [0.2, 0.25) is 0 Å². The van der Waals surface area contributed by atoms with E-state index in [1.165, 1.54) is 0 Å². The van der Waals surface area contributed by atoms with Gasteiger partial charge in [-0.15, -0.1) is 0 Å². The fourth-order valence-corrected chi connectivity index (χ4v) is 1.96. The molecular formula is C17H21NO2. The highest BCUT2D eigenvalue weighted by molar-refractivity contribution is 5.29. The first kappa shape index (κ1) is 14.6. The van der Waals surface area contributed by atoms with Crippen LogP contribution < -0.4 is 10.5 Å². The minimum atomic E-state index is -0.525. The summed E-state index contributed by atoms with van der Waals surface area (Å²) in [6.07, 6.45) is -0.525. The molecule has 20 heavy (non-hydrogen) atoms. The van der Waals surface area contributed by atoms with Gasteiger partial charge in [0.05, 0.1) is 6.10 Å². The van der Waals surface area contributed by atoms with Crippen LogP contribution in [0.3, 0.4) is 0 Å². The van der Waals surface area contributed by atoms with Gasteiger partial charge >= 0.3 is 0 Å². The quantitative estimate of drug-likeness (QED) is 0.849. The van der Waals surface area contributed by atoms with Crippen molar-refractivity contribution in [3.8, 4) is 5.75 Å². The van der Waals surface area contributed by atoms with Crippen molar-refractivity contribution in [1.82, 2.24) is 0 Å². The second kappa shape index (κ2) is 7.08. The van der Waals surface area contributed by atoms with Crippen LogP contribution in [0.15, 0.2) is 54.6 Å². The molecule has 0 amide bonds. The molecule has 0 aliphatic heterocycles. The van der Waals surface area contributed by atoms with Gasteiger partial charge in [-0.05, 0) is 35.7 Å². The number of ether oxygens (including phenoxy) is 1. The number of hydrogen-bond donors (Lipinski definition) is 2. The molecule has 2 aromatic carbocycles. The van der Waals surface area contributed by atoms with Crippen molar-refractivity contribution in [2.75, 3.05) is 6.54 Å². The van der Waals surface area contributed by atoms with Gasteiger partial charge in [0.15, 0.2) is 0 Å². The van der Waals surface area contributed by atoms with Crippen LogP contribution in [-0.4, -0.2) is 11.7 Å². The SMILES string of the molecule is CC(CN)C(O)c1ccc(OCc2ccccc2)cc1. The van der Waals surface area contributed by atoms with Gasteiger partial charge in [-0.25, -0.2) is 0 Å². The normalized spacial score (nSPS) is 13.8. The minimum absolute atomic E-state index is 0.0473. The minimum Gasteiger partial charge on any atom is -0.489 e. The Morgan fingerprint density at radius 1 is 1.05 bits per heavy atom. The van der Waals surface area contributed by atoms with Crippen molar-refractivity contribution in [2.45, 2.75) is 19.6 Å². The summed E-state index contributed by atoms with van der Waals surface area (Å²) in [5.41, 5.74) is 7.57. The predicted molar refractivity (Wildman–Crippen MR) is 80.4 cm³/mol. The molecule has 0 spiro atoms. The highest BCUT2D eigenvalue weighted by atomic mass is 16.5. The molecule has 0 bridgehead atoms. The molecule has 0 aromatic heterocycles. The summed E-state index contributed by atoms with van der Waals surface area (Å²) >= 11 is 0. The molecule has 2 unspecified atom stereocenters. The van der Waals surface area contributed by atoms with E-state index in [9.17, 15) is 5.11 Å². The Morgan fingerprint density at radius 3 is 2.30 bits per heavy atom. The Hall–Kier alpha value is -1.84. The van der Waals surface area contributed by atoms with E-state index in [1.54, 1.807) is 0 Å². The van der Waals surface area contributed by atoms with Crippen LogP contribution in [0.2, 0.25) is 0 Å². The number of nitrogens with two attached hydrogens (primary N) is 1. The number of aliphatic hydroxyl groups is 1. The Labute approximate surface area is 120 Å². The number of benzene rings is 2. The second-order valence-corrected chi connectivity index (χ2v) is 5.00. The Morgan fingerprint density at radius 2 is 1.70 bits per heavy atom. The van der Waals surface area contributed by atoms with Crippen molar-refractivity contribution in [3.63, 3.8) is 0 Å². The molecule has 3 N–H and O–H groups in total. The molecule has 0 saturated carbocycles. The summed E-state index contributed by atoms with van der Waals surface area (Å²) in [7, 11) is 0. The van der Waals surface area contributed by atoms with Gasteiger partial charge in [-0.1, -0.05) is 49.4 Å². The summed E-state index contributed by atoms with van der Waals surface area (Å²) in [6, 6.07) is 17.6. The largest absolute Gasteiger partial charge is 0.489 e. The Kier molecular flexibility index (Phi) is 5.16. The first-order valence-electron chi connectivity index (χ1n) is 6.85. The third kappa shape index (κ3) is 3.83. The van der Waals surface area contributed by atoms with Crippen LogP contribution in [0.1, 0.15) is 24.2 Å². The van der Waals surface area contributed by atoms with Gasteiger partial charge < -0.3 is 15.6 Å². The lowest BCUT2D eigenvalue weighted by atomic mass is 9.98. The molecule has 0 heterocycles. The highest BCUT2D eigenvalue weighted by Gasteiger charge is 2.14. The highest BCUT2D eigenvalue weighted by Crippen LogP contribution is 2.23. The lowest BCUT2D eigenvalue weighted by Crippen LogP contribution is -2.18. The van der Waals surface area contributed by atoms with Crippen LogP contribution in [0.4, 0.5) is 0 Å². The van der Waals surface area contributed by atoms with E-state index < -0.39 is 6.10 Å². The maximum absolute atomic E-state index is 10.1. The van der Waals surface area contributed by atoms with Crippen LogP contribution in [0, 0.1) is 5.92 Å². The van der Waals surface area contributed by atoms with Crippen molar-refractivity contribution >= 4 is 0 Å². The fraction of sp³-hybridized carbons (Fsp3) is 0.294. The standard InChI is InChI=1S/C17H21NO2/c1-13(11-18)17(19)15-7-9-16(10-8-15)20-12-14-5-3-2-4-6-14/h2-10,13,17,19H,11-12,18H2,1H3. The predicted octanol–water partition coefficient (Wildman–Crippen LogP) is 2.89. The van der Waals surface area contributed by atoms with E-state index in [0.29, 0.717) is 13.2 Å². The fourth-order valence-electron chi connectivity index (χ4n) is 1.96. The van der Waals surface area contributed by atoms with E-state index in [-0.39, 0.29) is 5.92 Å². The molecule has 0 saturated heterocycles. The zero-order valence-corrected chi connectivity index (χ0v) is 11.7. The molecule has 0 radical (unpaired) electrons. The Bertz CT molecular complexity index is 510. The van der Waals surface area contributed by atoms with Crippen LogP contribution in [0.5, 0.6) is 5.75 Å². The van der Waals surface area contributed by atoms with E-state index in [0.717, 1.165) is 16.9 Å². The summed E-state index contributed by atoms with van der Waals surface area (Å²) in [5, 5.41) is 10.1. The van der Waals surface area contributed by atoms with Gasteiger partial charge in [-0.2, -0.15) is 0 Å². The van der Waals surface area contributed by atoms with Gasteiger partial charge in [0, 0.05) is 0 Å². The molecule has 2 aromatic rings. The topological polar surface area (TPSA) is 55.5 Å². The van der Waals surface area contributed by atoms with E-state index in [1.807, 2.05) is 61.5 Å². The smallest absolute Gasteiger partial charge is 0.119 e. The molecule has 2 atom stereocenters. The zero-order valence-electron chi connectivity index (χ0n) is 11.7. The lowest BCUT2D eigenvalue weighted by molar-refractivity contribution is 0.121. The number of aliphatic hydroxyl groups excluding tert-OH is 1. The molecule has 0 aliphatic carbocycles. The van der Waals surface area contributed by atoms with E-state index >= 15 is 0 Å². The molecule has 106 valence electrons. The molecule has 2 rings (SSSR count). The van der Waals surface area contributed by atoms with Crippen LogP contribution in [0.25, 0.3) is 0 Å². The average Bonchev–Trinajstić information content (AvgIpc) is 2.53. The maximum Gasteiger partial charge on any atom is 0.119 e. The first-order valence-corrected chi connectivity index (χ1v) is 6.85. The second-order valence-electron chi connectivity index (χ2n) is 5.00. The van der Waals surface area contributed by atoms with Gasteiger partial charge in [-0.3, -0.25) is 0 Å². The molecular weight excluding hydrogens is 250 g/mol. The van der Waals surface area contributed by atoms with Crippen molar-refractivity contribution in [3.05, 3.63) is 65.7 Å². The third-order valence-corrected chi connectivity index (χ3v) is 3.38. The molecule has 3 heteroatoms. The van der Waals surface area contributed by atoms with E-state index in [2.05, 4.69) is 0 Å². The average molecular weight is 271 g/mol. The van der Waals surface area contributed by atoms with Gasteiger partial charge in [0.25, 0.3) is 0 Å². The number of rotatable bonds is 6.